The summed E-state index contributed by atoms with van der Waals surface area (Å²) in [5, 5.41) is 0. The van der Waals surface area contributed by atoms with Crippen LogP contribution >= 0.6 is 11.8 Å². The molecule has 0 aromatic carbocycles. The van der Waals surface area contributed by atoms with Gasteiger partial charge in [-0.15, -0.1) is 0 Å². The van der Waals surface area contributed by atoms with Crippen LogP contribution in [0.2, 0.25) is 0 Å². The van der Waals surface area contributed by atoms with Crippen LogP contribution in [0.15, 0.2) is 0 Å². The van der Waals surface area contributed by atoms with Crippen LogP contribution in [-0.4, -0.2) is 30.4 Å². The Labute approximate surface area is 102 Å². The first-order chi connectivity index (χ1) is 7.77. The number of thioether (sulfide) groups is 1. The number of rotatable bonds is 6. The van der Waals surface area contributed by atoms with E-state index in [0.717, 1.165) is 37.2 Å². The van der Waals surface area contributed by atoms with E-state index in [2.05, 4.69) is 13.8 Å². The van der Waals surface area contributed by atoms with Gasteiger partial charge in [-0.05, 0) is 12.8 Å². The van der Waals surface area contributed by atoms with Gasteiger partial charge < -0.3 is 9.47 Å². The average molecular weight is 246 g/mol. The summed E-state index contributed by atoms with van der Waals surface area (Å²) in [7, 11) is 0. The average Bonchev–Trinajstić information content (AvgIpc) is 2.30. The van der Waals surface area contributed by atoms with Gasteiger partial charge in [-0.25, -0.2) is 0 Å². The van der Waals surface area contributed by atoms with Crippen LogP contribution in [0.1, 0.15) is 39.5 Å². The zero-order chi connectivity index (χ0) is 11.8. The second-order valence-corrected chi connectivity index (χ2v) is 5.24. The van der Waals surface area contributed by atoms with Crippen LogP contribution in [0, 0.1) is 5.92 Å². The summed E-state index contributed by atoms with van der Waals surface area (Å²) in [6.45, 7) is 4.89. The van der Waals surface area contributed by atoms with E-state index in [0.29, 0.717) is 6.61 Å². The Morgan fingerprint density at radius 2 is 2.12 bits per heavy atom. The molecule has 1 atom stereocenters. The second kappa shape index (κ2) is 7.96. The van der Waals surface area contributed by atoms with Crippen LogP contribution in [0.5, 0.6) is 0 Å². The third-order valence-electron chi connectivity index (χ3n) is 2.64. The second-order valence-electron chi connectivity index (χ2n) is 4.09. The van der Waals surface area contributed by atoms with Gasteiger partial charge in [0.15, 0.2) is 0 Å². The molecule has 0 aliphatic carbocycles. The fraction of sp³-hybridized carbons (Fsp3) is 0.917. The van der Waals surface area contributed by atoms with Crippen LogP contribution < -0.4 is 0 Å². The topological polar surface area (TPSA) is 35.5 Å². The lowest BCUT2D eigenvalue weighted by Gasteiger charge is -2.24. The number of hydrogen-bond acceptors (Lipinski definition) is 4. The minimum atomic E-state index is -0.317. The molecule has 1 fully saturated rings. The van der Waals surface area contributed by atoms with Crippen molar-refractivity contribution in [2.45, 2.75) is 45.8 Å². The van der Waals surface area contributed by atoms with Crippen LogP contribution in [0.25, 0.3) is 0 Å². The highest BCUT2D eigenvalue weighted by Gasteiger charge is 2.24. The van der Waals surface area contributed by atoms with Crippen LogP contribution in [0.4, 0.5) is 0 Å². The van der Waals surface area contributed by atoms with Crippen molar-refractivity contribution < 1.29 is 14.3 Å². The Bertz CT molecular complexity index is 196. The van der Waals surface area contributed by atoms with Gasteiger partial charge in [-0.1, -0.05) is 26.7 Å². The minimum absolute atomic E-state index is 0.0607. The zero-order valence-corrected chi connectivity index (χ0v) is 11.1. The van der Waals surface area contributed by atoms with E-state index in [9.17, 15) is 4.79 Å². The summed E-state index contributed by atoms with van der Waals surface area (Å²) in [5.74, 6) is 1.76. The number of ether oxygens (including phenoxy) is 2. The summed E-state index contributed by atoms with van der Waals surface area (Å²) in [6, 6.07) is 0. The van der Waals surface area contributed by atoms with Crippen molar-refractivity contribution in [2.24, 2.45) is 5.92 Å². The lowest BCUT2D eigenvalue weighted by atomic mass is 9.99. The van der Waals surface area contributed by atoms with Crippen LogP contribution in [0.3, 0.4) is 0 Å². The lowest BCUT2D eigenvalue weighted by molar-refractivity contribution is -0.178. The fourth-order valence-electron chi connectivity index (χ4n) is 1.84. The monoisotopic (exact) mass is 246 g/mol. The largest absolute Gasteiger partial charge is 0.435 e. The maximum atomic E-state index is 11.9. The number of esters is 1. The molecule has 0 saturated carbocycles. The van der Waals surface area contributed by atoms with E-state index in [1.54, 1.807) is 11.8 Å². The van der Waals surface area contributed by atoms with Crippen molar-refractivity contribution in [3.63, 3.8) is 0 Å². The van der Waals surface area contributed by atoms with Crippen molar-refractivity contribution >= 4 is 17.7 Å². The van der Waals surface area contributed by atoms with Gasteiger partial charge >= 0.3 is 5.97 Å². The predicted molar refractivity (Wildman–Crippen MR) is 66.5 cm³/mol. The van der Waals surface area contributed by atoms with E-state index in [-0.39, 0.29) is 18.2 Å². The first-order valence-electron chi connectivity index (χ1n) is 6.17. The Hall–Kier alpha value is -0.220. The molecule has 0 aromatic rings. The van der Waals surface area contributed by atoms with Gasteiger partial charge in [0.25, 0.3) is 0 Å². The number of carbonyl (C=O) groups is 1. The van der Waals surface area contributed by atoms with Gasteiger partial charge in [0.1, 0.15) is 0 Å². The van der Waals surface area contributed by atoms with E-state index in [4.69, 9.17) is 9.47 Å². The molecule has 1 aliphatic rings. The van der Waals surface area contributed by atoms with E-state index < -0.39 is 0 Å². The van der Waals surface area contributed by atoms with Crippen LogP contribution in [-0.2, 0) is 14.3 Å². The fourth-order valence-corrected chi connectivity index (χ4v) is 2.57. The van der Waals surface area contributed by atoms with E-state index in [1.807, 2.05) is 0 Å². The molecule has 1 unspecified atom stereocenters. The number of hydrogen-bond donors (Lipinski definition) is 0. The molecule has 1 rings (SSSR count). The molecule has 0 bridgehead atoms. The SMILES string of the molecule is CCCC(CCC)C(=O)OC1CSCCO1. The predicted octanol–water partition coefficient (Wildman–Crippen LogP) is 2.84. The molecule has 1 heterocycles. The third kappa shape index (κ3) is 4.74. The quantitative estimate of drug-likeness (QED) is 0.675. The molecular formula is C12H22O3S. The van der Waals surface area contributed by atoms with E-state index in [1.165, 1.54) is 0 Å². The Morgan fingerprint density at radius 1 is 1.44 bits per heavy atom. The Morgan fingerprint density at radius 3 is 2.62 bits per heavy atom. The standard InChI is InChI=1S/C12H22O3S/c1-3-5-10(6-4-2)12(13)15-11-9-16-8-7-14-11/h10-11H,3-9H2,1-2H3. The summed E-state index contributed by atoms with van der Waals surface area (Å²) in [4.78, 5) is 11.9. The van der Waals surface area contributed by atoms with Crippen molar-refractivity contribution in [2.75, 3.05) is 18.1 Å². The molecular weight excluding hydrogens is 224 g/mol. The van der Waals surface area contributed by atoms with Crippen molar-refractivity contribution in [3.05, 3.63) is 0 Å². The summed E-state index contributed by atoms with van der Waals surface area (Å²) in [5.41, 5.74) is 0. The smallest absolute Gasteiger partial charge is 0.311 e. The van der Waals surface area contributed by atoms with Crippen molar-refractivity contribution in [3.8, 4) is 0 Å². The van der Waals surface area contributed by atoms with Gasteiger partial charge in [-0.2, -0.15) is 11.8 Å². The highest BCUT2D eigenvalue weighted by atomic mass is 32.2. The molecule has 94 valence electrons. The highest BCUT2D eigenvalue weighted by Crippen LogP contribution is 2.19. The maximum absolute atomic E-state index is 11.9. The molecule has 0 radical (unpaired) electrons. The van der Waals surface area contributed by atoms with Gasteiger partial charge in [0.05, 0.1) is 18.3 Å². The molecule has 3 nitrogen and oxygen atoms in total. The molecule has 0 aromatic heterocycles. The molecule has 1 aliphatic heterocycles. The lowest BCUT2D eigenvalue weighted by Crippen LogP contribution is -2.31. The maximum Gasteiger partial charge on any atom is 0.311 e. The highest BCUT2D eigenvalue weighted by molar-refractivity contribution is 7.99. The minimum Gasteiger partial charge on any atom is -0.435 e. The van der Waals surface area contributed by atoms with Gasteiger partial charge in [0.2, 0.25) is 6.29 Å². The normalized spacial score (nSPS) is 21.1. The summed E-state index contributed by atoms with van der Waals surface area (Å²) < 4.78 is 10.8. The molecule has 1 saturated heterocycles. The number of carbonyl (C=O) groups excluding carboxylic acids is 1. The summed E-state index contributed by atoms with van der Waals surface area (Å²) >= 11 is 1.78. The Balaban J connectivity index is 2.34. The Kier molecular flexibility index (Phi) is 6.88. The molecule has 0 amide bonds. The van der Waals surface area contributed by atoms with Crippen molar-refractivity contribution in [1.82, 2.24) is 0 Å². The molecule has 16 heavy (non-hydrogen) atoms. The zero-order valence-electron chi connectivity index (χ0n) is 10.2. The first-order valence-corrected chi connectivity index (χ1v) is 7.33. The summed E-state index contributed by atoms with van der Waals surface area (Å²) in [6.07, 6.45) is 3.58. The van der Waals surface area contributed by atoms with E-state index >= 15 is 0 Å². The molecule has 0 N–H and O–H groups in total. The first kappa shape index (κ1) is 13.8. The molecule has 4 heteroatoms. The van der Waals surface area contributed by atoms with Gasteiger partial charge in [-0.3, -0.25) is 4.79 Å². The van der Waals surface area contributed by atoms with Crippen molar-refractivity contribution in [1.29, 1.82) is 0 Å². The molecule has 0 spiro atoms. The third-order valence-corrected chi connectivity index (χ3v) is 3.60. The van der Waals surface area contributed by atoms with Gasteiger partial charge in [0, 0.05) is 5.75 Å².